The second kappa shape index (κ2) is 5.86. The third kappa shape index (κ3) is 2.17. The average Bonchev–Trinajstić information content (AvgIpc) is 2.91. The molecule has 0 atom stereocenters. The molecule has 2 aromatic heterocycles. The summed E-state index contributed by atoms with van der Waals surface area (Å²) in [4.78, 5) is 13.1. The van der Waals surface area contributed by atoms with Gasteiger partial charge in [0.25, 0.3) is 5.56 Å². The topological polar surface area (TPSA) is 39.8 Å². The van der Waals surface area contributed by atoms with Crippen LogP contribution in [-0.2, 0) is 12.4 Å². The van der Waals surface area contributed by atoms with Gasteiger partial charge in [-0.25, -0.2) is 0 Å². The van der Waals surface area contributed by atoms with Crippen molar-refractivity contribution in [3.8, 4) is 5.69 Å². The second-order valence-electron chi connectivity index (χ2n) is 5.55. The number of hydrogen-bond acceptors (Lipinski definition) is 2. The Labute approximate surface area is 155 Å². The van der Waals surface area contributed by atoms with E-state index in [4.69, 9.17) is 0 Å². The number of nitrogens with zero attached hydrogens (tertiary/aromatic N) is 3. The minimum absolute atomic E-state index is 0.119. The Balaban J connectivity index is 2.25. The predicted octanol–water partition coefficient (Wildman–Crippen LogP) is 4.53. The normalized spacial score (nSPS) is 11.5. The summed E-state index contributed by atoms with van der Waals surface area (Å²) in [6, 6.07) is 15.5. The summed E-state index contributed by atoms with van der Waals surface area (Å²) in [6.45, 7) is 0. The molecule has 120 valence electrons. The van der Waals surface area contributed by atoms with Gasteiger partial charge in [-0.1, -0.05) is 56.1 Å². The first kappa shape index (κ1) is 15.6. The highest BCUT2D eigenvalue weighted by molar-refractivity contribution is 9.10. The highest BCUT2D eigenvalue weighted by Crippen LogP contribution is 2.34. The van der Waals surface area contributed by atoms with Gasteiger partial charge < -0.3 is 4.57 Å². The van der Waals surface area contributed by atoms with E-state index in [2.05, 4.69) is 37.0 Å². The van der Waals surface area contributed by atoms with E-state index in [1.54, 1.807) is 0 Å². The molecule has 0 aliphatic heterocycles. The Morgan fingerprint density at radius 1 is 1.04 bits per heavy atom. The van der Waals surface area contributed by atoms with Crippen LogP contribution in [0.25, 0.3) is 27.5 Å². The maximum Gasteiger partial charge on any atom is 0.296 e. The molecule has 0 fully saturated rings. The molecule has 0 aliphatic rings. The predicted molar refractivity (Wildman–Crippen MR) is 104 cm³/mol. The minimum Gasteiger partial charge on any atom is -0.339 e. The number of halogens is 2. The SMILES string of the molecule is Cn1c2cccc(Br)c2c2c(CBr)nn(-c3ccccc3)c(=O)c21. The molecule has 0 unspecified atom stereocenters. The van der Waals surface area contributed by atoms with Crippen molar-refractivity contribution in [3.63, 3.8) is 0 Å². The maximum absolute atomic E-state index is 13.1. The molecular formula is C18H13Br2N3O. The van der Waals surface area contributed by atoms with Crippen molar-refractivity contribution in [2.24, 2.45) is 7.05 Å². The van der Waals surface area contributed by atoms with Crippen LogP contribution in [-0.4, -0.2) is 14.3 Å². The molecule has 0 saturated heterocycles. The Kier molecular flexibility index (Phi) is 3.81. The smallest absolute Gasteiger partial charge is 0.296 e. The third-order valence-corrected chi connectivity index (χ3v) is 5.40. The summed E-state index contributed by atoms with van der Waals surface area (Å²) < 4.78 is 4.39. The number of benzene rings is 2. The second-order valence-corrected chi connectivity index (χ2v) is 6.96. The molecule has 0 radical (unpaired) electrons. The molecule has 4 rings (SSSR count). The van der Waals surface area contributed by atoms with Crippen molar-refractivity contribution in [3.05, 3.63) is 69.1 Å². The van der Waals surface area contributed by atoms with Crippen molar-refractivity contribution < 1.29 is 0 Å². The molecule has 24 heavy (non-hydrogen) atoms. The zero-order chi connectivity index (χ0) is 16.8. The first-order chi connectivity index (χ1) is 11.6. The lowest BCUT2D eigenvalue weighted by Gasteiger charge is -2.08. The van der Waals surface area contributed by atoms with E-state index >= 15 is 0 Å². The van der Waals surface area contributed by atoms with E-state index in [0.717, 1.165) is 32.1 Å². The molecule has 4 aromatic rings. The van der Waals surface area contributed by atoms with Gasteiger partial charge in [-0.15, -0.1) is 0 Å². The van der Waals surface area contributed by atoms with Gasteiger partial charge in [0.15, 0.2) is 0 Å². The lowest BCUT2D eigenvalue weighted by Crippen LogP contribution is -2.24. The lowest BCUT2D eigenvalue weighted by atomic mass is 10.1. The van der Waals surface area contributed by atoms with Crippen LogP contribution in [0.15, 0.2) is 57.8 Å². The highest BCUT2D eigenvalue weighted by atomic mass is 79.9. The van der Waals surface area contributed by atoms with Crippen LogP contribution in [0.4, 0.5) is 0 Å². The summed E-state index contributed by atoms with van der Waals surface area (Å²) in [5, 5.41) is 7.10. The lowest BCUT2D eigenvalue weighted by molar-refractivity contribution is 0.791. The Hall–Kier alpha value is -1.92. The average molecular weight is 447 g/mol. The van der Waals surface area contributed by atoms with Crippen molar-refractivity contribution >= 4 is 53.7 Å². The first-order valence-electron chi connectivity index (χ1n) is 7.43. The van der Waals surface area contributed by atoms with Gasteiger partial charge in [0.2, 0.25) is 0 Å². The van der Waals surface area contributed by atoms with Crippen LogP contribution in [0.5, 0.6) is 0 Å². The number of alkyl halides is 1. The first-order valence-corrected chi connectivity index (χ1v) is 9.35. The van der Waals surface area contributed by atoms with E-state index in [1.807, 2.05) is 60.1 Å². The molecule has 6 heteroatoms. The van der Waals surface area contributed by atoms with Crippen LogP contribution in [0.3, 0.4) is 0 Å². The summed E-state index contributed by atoms with van der Waals surface area (Å²) in [5.41, 5.74) is 3.14. The van der Waals surface area contributed by atoms with Crippen molar-refractivity contribution in [2.75, 3.05) is 0 Å². The number of para-hydroxylation sites is 1. The fourth-order valence-electron chi connectivity index (χ4n) is 3.13. The molecule has 0 aliphatic carbocycles. The molecule has 0 amide bonds. The van der Waals surface area contributed by atoms with Gasteiger partial charge in [0.1, 0.15) is 5.52 Å². The molecule has 0 bridgehead atoms. The molecule has 0 N–H and O–H groups in total. The molecule has 0 spiro atoms. The maximum atomic E-state index is 13.1. The van der Waals surface area contributed by atoms with Crippen LogP contribution in [0.1, 0.15) is 5.69 Å². The number of aryl methyl sites for hydroxylation is 1. The Morgan fingerprint density at radius 2 is 1.79 bits per heavy atom. The van der Waals surface area contributed by atoms with E-state index < -0.39 is 0 Å². The Morgan fingerprint density at radius 3 is 2.50 bits per heavy atom. The third-order valence-electron chi connectivity index (χ3n) is 4.21. The van der Waals surface area contributed by atoms with Crippen molar-refractivity contribution in [1.29, 1.82) is 0 Å². The number of aromatic nitrogens is 3. The fraction of sp³-hybridized carbons (Fsp3) is 0.111. The van der Waals surface area contributed by atoms with Gasteiger partial charge in [-0.3, -0.25) is 4.79 Å². The summed E-state index contributed by atoms with van der Waals surface area (Å²) in [5.74, 6) is 0. The largest absolute Gasteiger partial charge is 0.339 e. The van der Waals surface area contributed by atoms with E-state index in [9.17, 15) is 4.79 Å². The highest BCUT2D eigenvalue weighted by Gasteiger charge is 2.20. The van der Waals surface area contributed by atoms with Gasteiger partial charge in [-0.2, -0.15) is 9.78 Å². The number of fused-ring (bicyclic) bond motifs is 3. The molecule has 2 heterocycles. The molecule has 0 saturated carbocycles. The van der Waals surface area contributed by atoms with Crippen LogP contribution in [0, 0.1) is 0 Å². The van der Waals surface area contributed by atoms with Gasteiger partial charge in [-0.05, 0) is 24.3 Å². The van der Waals surface area contributed by atoms with Gasteiger partial charge >= 0.3 is 0 Å². The molecule has 4 nitrogen and oxygen atoms in total. The van der Waals surface area contributed by atoms with Gasteiger partial charge in [0.05, 0.1) is 16.9 Å². The zero-order valence-corrected chi connectivity index (χ0v) is 16.0. The van der Waals surface area contributed by atoms with Gasteiger partial charge in [0, 0.05) is 27.6 Å². The van der Waals surface area contributed by atoms with E-state index in [-0.39, 0.29) is 5.56 Å². The van der Waals surface area contributed by atoms with E-state index in [0.29, 0.717) is 10.8 Å². The van der Waals surface area contributed by atoms with E-state index in [1.165, 1.54) is 4.68 Å². The van der Waals surface area contributed by atoms with Crippen molar-refractivity contribution in [2.45, 2.75) is 5.33 Å². The summed E-state index contributed by atoms with van der Waals surface area (Å²) in [7, 11) is 1.92. The molecule has 2 aromatic carbocycles. The van der Waals surface area contributed by atoms with Crippen LogP contribution >= 0.6 is 31.9 Å². The van der Waals surface area contributed by atoms with Crippen LogP contribution in [0.2, 0.25) is 0 Å². The number of hydrogen-bond donors (Lipinski definition) is 0. The monoisotopic (exact) mass is 445 g/mol. The summed E-state index contributed by atoms with van der Waals surface area (Å²) in [6.07, 6.45) is 0. The molecular weight excluding hydrogens is 434 g/mol. The van der Waals surface area contributed by atoms with Crippen LogP contribution < -0.4 is 5.56 Å². The Bertz CT molecular complexity index is 1130. The number of rotatable bonds is 2. The standard InChI is InChI=1S/C18H13Br2N3O/c1-22-14-9-5-8-12(20)15(14)16-13(10-19)21-23(18(24)17(16)22)11-6-3-2-4-7-11/h2-9H,10H2,1H3. The van der Waals surface area contributed by atoms with Crippen molar-refractivity contribution in [1.82, 2.24) is 14.3 Å². The fourth-order valence-corrected chi connectivity index (χ4v) is 4.08. The zero-order valence-electron chi connectivity index (χ0n) is 12.8. The quantitative estimate of drug-likeness (QED) is 0.424. The minimum atomic E-state index is -0.119. The summed E-state index contributed by atoms with van der Waals surface area (Å²) >= 11 is 7.14.